The lowest BCUT2D eigenvalue weighted by Crippen LogP contribution is -2.32. The molecule has 0 aromatic heterocycles. The van der Waals surface area contributed by atoms with Gasteiger partial charge in [-0.2, -0.15) is 0 Å². The first kappa shape index (κ1) is 16.3. The molecule has 1 atom stereocenters. The summed E-state index contributed by atoms with van der Waals surface area (Å²) in [4.78, 5) is 11.8. The molecule has 1 amide bonds. The molecule has 0 heterocycles. The van der Waals surface area contributed by atoms with E-state index in [2.05, 4.69) is 5.32 Å². The third-order valence-electron chi connectivity index (χ3n) is 2.88. The van der Waals surface area contributed by atoms with Gasteiger partial charge in [0.05, 0.1) is 16.1 Å². The number of nitrogens with one attached hydrogen (secondary N) is 1. The molecule has 0 saturated carbocycles. The third kappa shape index (κ3) is 5.01. The molecule has 2 N–H and O–H groups in total. The van der Waals surface area contributed by atoms with Crippen LogP contribution >= 0.6 is 23.2 Å². The molecule has 1 rings (SSSR count). The molecule has 19 heavy (non-hydrogen) atoms. The minimum atomic E-state index is -0.457. The molecule has 1 unspecified atom stereocenters. The van der Waals surface area contributed by atoms with Crippen molar-refractivity contribution in [2.24, 2.45) is 5.41 Å². The zero-order chi connectivity index (χ0) is 14.6. The molecule has 0 saturated heterocycles. The number of carbonyl (C=O) groups excluding carboxylic acids is 1. The number of aliphatic hydroxyl groups is 1. The maximum atomic E-state index is 11.8. The van der Waals surface area contributed by atoms with E-state index in [1.807, 2.05) is 20.8 Å². The predicted molar refractivity (Wildman–Crippen MR) is 78.9 cm³/mol. The van der Waals surface area contributed by atoms with Crippen molar-refractivity contribution in [3.8, 4) is 0 Å². The largest absolute Gasteiger partial charge is 0.393 e. The van der Waals surface area contributed by atoms with Gasteiger partial charge in [-0.15, -0.1) is 0 Å². The topological polar surface area (TPSA) is 49.3 Å². The maximum absolute atomic E-state index is 11.8. The van der Waals surface area contributed by atoms with Gasteiger partial charge in [-0.05, 0) is 30.0 Å². The van der Waals surface area contributed by atoms with Crippen molar-refractivity contribution >= 4 is 29.1 Å². The molecule has 0 radical (unpaired) electrons. The van der Waals surface area contributed by atoms with Crippen molar-refractivity contribution < 1.29 is 9.90 Å². The SMILES string of the molecule is CC(C)(C)C(O)CCNC(=O)c1ccc(Cl)c(Cl)c1. The Labute approximate surface area is 123 Å². The van der Waals surface area contributed by atoms with Crippen molar-refractivity contribution in [3.63, 3.8) is 0 Å². The summed E-state index contributed by atoms with van der Waals surface area (Å²) in [6.07, 6.45) is 0.0536. The molecule has 0 fully saturated rings. The summed E-state index contributed by atoms with van der Waals surface area (Å²) in [6.45, 7) is 6.28. The van der Waals surface area contributed by atoms with E-state index < -0.39 is 6.10 Å². The maximum Gasteiger partial charge on any atom is 0.251 e. The fraction of sp³-hybridized carbons (Fsp3) is 0.500. The molecular weight excluding hydrogens is 285 g/mol. The van der Waals surface area contributed by atoms with Crippen LogP contribution < -0.4 is 5.32 Å². The van der Waals surface area contributed by atoms with Gasteiger partial charge in [0, 0.05) is 12.1 Å². The molecule has 0 aliphatic carbocycles. The lowest BCUT2D eigenvalue weighted by atomic mass is 9.87. The number of benzene rings is 1. The fourth-order valence-corrected chi connectivity index (χ4v) is 1.79. The molecule has 3 nitrogen and oxygen atoms in total. The van der Waals surface area contributed by atoms with Crippen molar-refractivity contribution in [1.29, 1.82) is 0 Å². The normalized spacial score (nSPS) is 13.2. The zero-order valence-electron chi connectivity index (χ0n) is 11.3. The lowest BCUT2D eigenvalue weighted by Gasteiger charge is -2.25. The Kier molecular flexibility index (Phi) is 5.65. The highest BCUT2D eigenvalue weighted by molar-refractivity contribution is 6.42. The Hall–Kier alpha value is -0.770. The Balaban J connectivity index is 2.50. The number of carbonyl (C=O) groups is 1. The molecule has 0 spiro atoms. The quantitative estimate of drug-likeness (QED) is 0.894. The molecule has 0 aliphatic rings. The Morgan fingerprint density at radius 3 is 2.47 bits per heavy atom. The van der Waals surface area contributed by atoms with Gasteiger partial charge in [0.2, 0.25) is 0 Å². The highest BCUT2D eigenvalue weighted by Crippen LogP contribution is 2.23. The van der Waals surface area contributed by atoms with Crippen LogP contribution in [0.25, 0.3) is 0 Å². The molecule has 1 aromatic carbocycles. The second-order valence-corrected chi connectivity index (χ2v) is 6.37. The van der Waals surface area contributed by atoms with Gasteiger partial charge < -0.3 is 10.4 Å². The summed E-state index contributed by atoms with van der Waals surface area (Å²) in [5, 5.41) is 13.4. The monoisotopic (exact) mass is 303 g/mol. The molecule has 5 heteroatoms. The first-order valence-electron chi connectivity index (χ1n) is 6.13. The van der Waals surface area contributed by atoms with E-state index in [4.69, 9.17) is 23.2 Å². The standard InChI is InChI=1S/C14H19Cl2NO2/c1-14(2,3)12(18)6-7-17-13(19)9-4-5-10(15)11(16)8-9/h4-5,8,12,18H,6-7H2,1-3H3,(H,17,19). The van der Waals surface area contributed by atoms with Crippen molar-refractivity contribution in [3.05, 3.63) is 33.8 Å². The molecular formula is C14H19Cl2NO2. The summed E-state index contributed by atoms with van der Waals surface area (Å²) >= 11 is 11.6. The Bertz CT molecular complexity index is 455. The van der Waals surface area contributed by atoms with E-state index in [1.165, 1.54) is 6.07 Å². The van der Waals surface area contributed by atoms with Crippen LogP contribution in [0.5, 0.6) is 0 Å². The van der Waals surface area contributed by atoms with Gasteiger partial charge in [-0.25, -0.2) is 0 Å². The van der Waals surface area contributed by atoms with Crippen LogP contribution in [0.15, 0.2) is 18.2 Å². The van der Waals surface area contributed by atoms with E-state index in [-0.39, 0.29) is 11.3 Å². The molecule has 0 aliphatic heterocycles. The van der Waals surface area contributed by atoms with Gasteiger partial charge in [0.1, 0.15) is 0 Å². The highest BCUT2D eigenvalue weighted by Gasteiger charge is 2.21. The van der Waals surface area contributed by atoms with Gasteiger partial charge in [-0.3, -0.25) is 4.79 Å². The average molecular weight is 304 g/mol. The van der Waals surface area contributed by atoms with Crippen LogP contribution in [0, 0.1) is 5.41 Å². The van der Waals surface area contributed by atoms with Gasteiger partial charge in [-0.1, -0.05) is 44.0 Å². The van der Waals surface area contributed by atoms with E-state index in [0.29, 0.717) is 28.6 Å². The summed E-state index contributed by atoms with van der Waals surface area (Å²) in [6, 6.07) is 4.73. The molecule has 106 valence electrons. The summed E-state index contributed by atoms with van der Waals surface area (Å²) in [7, 11) is 0. The fourth-order valence-electron chi connectivity index (χ4n) is 1.49. The van der Waals surface area contributed by atoms with Crippen LogP contribution in [-0.2, 0) is 0 Å². The minimum Gasteiger partial charge on any atom is -0.393 e. The lowest BCUT2D eigenvalue weighted by molar-refractivity contribution is 0.0551. The summed E-state index contributed by atoms with van der Waals surface area (Å²) in [5.74, 6) is -0.223. The van der Waals surface area contributed by atoms with Crippen molar-refractivity contribution in [2.45, 2.75) is 33.3 Å². The average Bonchev–Trinajstić information content (AvgIpc) is 2.31. The number of aliphatic hydroxyl groups excluding tert-OH is 1. The molecule has 1 aromatic rings. The Morgan fingerprint density at radius 2 is 1.95 bits per heavy atom. The Morgan fingerprint density at radius 1 is 1.32 bits per heavy atom. The first-order valence-corrected chi connectivity index (χ1v) is 6.88. The van der Waals surface area contributed by atoms with E-state index in [0.717, 1.165) is 0 Å². The summed E-state index contributed by atoms with van der Waals surface area (Å²) < 4.78 is 0. The first-order chi connectivity index (χ1) is 8.71. The second kappa shape index (κ2) is 6.60. The third-order valence-corrected chi connectivity index (χ3v) is 3.62. The minimum absolute atomic E-state index is 0.186. The number of amides is 1. The highest BCUT2D eigenvalue weighted by atomic mass is 35.5. The van der Waals surface area contributed by atoms with Crippen LogP contribution in [0.1, 0.15) is 37.6 Å². The number of hydrogen-bond acceptors (Lipinski definition) is 2. The smallest absolute Gasteiger partial charge is 0.251 e. The number of halogens is 2. The molecule has 0 bridgehead atoms. The van der Waals surface area contributed by atoms with Crippen molar-refractivity contribution in [1.82, 2.24) is 5.32 Å². The van der Waals surface area contributed by atoms with Crippen LogP contribution in [0.2, 0.25) is 10.0 Å². The zero-order valence-corrected chi connectivity index (χ0v) is 12.8. The van der Waals surface area contributed by atoms with Crippen LogP contribution in [-0.4, -0.2) is 23.7 Å². The predicted octanol–water partition coefficient (Wildman–Crippen LogP) is 3.52. The number of rotatable bonds is 4. The van der Waals surface area contributed by atoms with E-state index >= 15 is 0 Å². The van der Waals surface area contributed by atoms with Gasteiger partial charge >= 0.3 is 0 Å². The van der Waals surface area contributed by atoms with E-state index in [1.54, 1.807) is 12.1 Å². The van der Waals surface area contributed by atoms with E-state index in [9.17, 15) is 9.90 Å². The van der Waals surface area contributed by atoms with Crippen LogP contribution in [0.3, 0.4) is 0 Å². The summed E-state index contributed by atoms with van der Waals surface area (Å²) in [5.41, 5.74) is 0.272. The van der Waals surface area contributed by atoms with Gasteiger partial charge in [0.25, 0.3) is 5.91 Å². The second-order valence-electron chi connectivity index (χ2n) is 5.56. The van der Waals surface area contributed by atoms with Crippen molar-refractivity contribution in [2.75, 3.05) is 6.54 Å². The van der Waals surface area contributed by atoms with Gasteiger partial charge in [0.15, 0.2) is 0 Å². The van der Waals surface area contributed by atoms with Crippen LogP contribution in [0.4, 0.5) is 0 Å². The number of hydrogen-bond donors (Lipinski definition) is 2.